The molecule has 2 bridgehead atoms. The lowest BCUT2D eigenvalue weighted by atomic mass is 9.82. The second-order valence-corrected chi connectivity index (χ2v) is 9.33. The lowest BCUT2D eigenvalue weighted by Gasteiger charge is -2.43. The van der Waals surface area contributed by atoms with Crippen molar-refractivity contribution in [2.75, 3.05) is 23.7 Å². The molecule has 1 fully saturated rings. The number of halogens is 1. The number of likely N-dealkylation sites (tertiary alicyclic amines) is 1. The van der Waals surface area contributed by atoms with Crippen molar-refractivity contribution in [3.05, 3.63) is 94.4 Å². The maximum Gasteiger partial charge on any atom is 0.321 e. The van der Waals surface area contributed by atoms with Crippen LogP contribution in [0.15, 0.2) is 75.9 Å². The van der Waals surface area contributed by atoms with Crippen LogP contribution in [0.1, 0.15) is 23.8 Å². The Bertz CT molecular complexity index is 1430. The van der Waals surface area contributed by atoms with Crippen LogP contribution in [0.25, 0.3) is 11.0 Å². The van der Waals surface area contributed by atoms with Gasteiger partial charge in [0.2, 0.25) is 0 Å². The molecule has 2 N–H and O–H groups in total. The Morgan fingerprint density at radius 3 is 2.69 bits per heavy atom. The predicted octanol–water partition coefficient (Wildman–Crippen LogP) is 5.00. The zero-order chi connectivity index (χ0) is 23.9. The number of carbonyl (C=O) groups is 1. The van der Waals surface area contributed by atoms with Gasteiger partial charge in [0.15, 0.2) is 0 Å². The van der Waals surface area contributed by atoms with Gasteiger partial charge in [0.05, 0.1) is 12.2 Å². The lowest BCUT2D eigenvalue weighted by Crippen LogP contribution is -2.50. The predicted molar refractivity (Wildman–Crippen MR) is 132 cm³/mol. The highest BCUT2D eigenvalue weighted by atomic mass is 19.1. The Labute approximate surface area is 201 Å². The molecular weight excluding hydrogens is 447 g/mol. The van der Waals surface area contributed by atoms with Gasteiger partial charge in [0.1, 0.15) is 17.2 Å². The first-order valence-corrected chi connectivity index (χ1v) is 11.8. The Kier molecular flexibility index (Phi) is 5.28. The number of hydrogen-bond acceptors (Lipinski definition) is 4. The molecule has 178 valence electrons. The van der Waals surface area contributed by atoms with E-state index >= 15 is 0 Å². The number of urea groups is 1. The van der Waals surface area contributed by atoms with Crippen LogP contribution in [0.2, 0.25) is 0 Å². The molecule has 0 spiro atoms. The monoisotopic (exact) mass is 472 g/mol. The van der Waals surface area contributed by atoms with E-state index in [-0.39, 0.29) is 29.2 Å². The summed E-state index contributed by atoms with van der Waals surface area (Å²) < 4.78 is 21.0. The van der Waals surface area contributed by atoms with Crippen LogP contribution in [0, 0.1) is 11.7 Å². The Morgan fingerprint density at radius 1 is 1.03 bits per heavy atom. The average molecular weight is 473 g/mol. The molecule has 2 atom stereocenters. The van der Waals surface area contributed by atoms with Gasteiger partial charge in [0, 0.05) is 48.4 Å². The first kappa shape index (κ1) is 21.5. The first-order chi connectivity index (χ1) is 17.0. The van der Waals surface area contributed by atoms with E-state index < -0.39 is 0 Å². The summed E-state index contributed by atoms with van der Waals surface area (Å²) in [6.45, 7) is 2.15. The van der Waals surface area contributed by atoms with Crippen molar-refractivity contribution in [1.29, 1.82) is 0 Å². The van der Waals surface area contributed by atoms with Gasteiger partial charge in [-0.05, 0) is 54.8 Å². The number of furan rings is 1. The molecule has 0 aliphatic carbocycles. The summed E-state index contributed by atoms with van der Waals surface area (Å²) in [6.07, 6.45) is 0.920. The van der Waals surface area contributed by atoms with Crippen molar-refractivity contribution >= 4 is 28.4 Å². The van der Waals surface area contributed by atoms with Gasteiger partial charge in [-0.2, -0.15) is 0 Å². The van der Waals surface area contributed by atoms with Crippen molar-refractivity contribution in [1.82, 2.24) is 9.47 Å². The van der Waals surface area contributed by atoms with Crippen LogP contribution in [-0.2, 0) is 13.1 Å². The molecular formula is C27H25FN4O3. The fraction of sp³-hybridized carbons (Fsp3) is 0.259. The molecule has 2 aliphatic heterocycles. The number of rotatable bonds is 4. The number of hydrogen-bond donors (Lipinski definition) is 2. The maximum absolute atomic E-state index is 13.2. The zero-order valence-corrected chi connectivity index (χ0v) is 19.0. The number of pyridine rings is 1. The number of carbonyl (C=O) groups excluding carboxylic acids is 1. The van der Waals surface area contributed by atoms with Crippen molar-refractivity contribution in [3.8, 4) is 0 Å². The largest absolute Gasteiger partial charge is 0.459 e. The molecule has 0 unspecified atom stereocenters. The summed E-state index contributed by atoms with van der Waals surface area (Å²) in [5, 5.41) is 7.37. The highest BCUT2D eigenvalue weighted by Gasteiger charge is 2.37. The number of benzene rings is 2. The number of amides is 2. The minimum absolute atomic E-state index is 0.0202. The van der Waals surface area contributed by atoms with Crippen LogP contribution >= 0.6 is 0 Å². The van der Waals surface area contributed by atoms with Gasteiger partial charge in [0.25, 0.3) is 5.56 Å². The topological polar surface area (TPSA) is 79.5 Å². The van der Waals surface area contributed by atoms with E-state index in [1.165, 1.54) is 12.1 Å². The summed E-state index contributed by atoms with van der Waals surface area (Å²) in [4.78, 5) is 27.5. The molecule has 2 aromatic carbocycles. The molecule has 8 heteroatoms. The second-order valence-electron chi connectivity index (χ2n) is 9.33. The molecule has 4 heterocycles. The molecule has 0 radical (unpaired) electrons. The molecule has 35 heavy (non-hydrogen) atoms. The van der Waals surface area contributed by atoms with Crippen LogP contribution in [0.3, 0.4) is 0 Å². The van der Waals surface area contributed by atoms with E-state index in [9.17, 15) is 14.0 Å². The smallest absolute Gasteiger partial charge is 0.321 e. The standard InChI is InChI=1S/C27H25FN4O3/c28-20-5-7-21(8-6-20)30-27(34)31-14-17-11-19(16-31)26-23(9-10-25(33)32(26)15-17)29-13-22-12-18-3-1-2-4-24(18)35-22/h1-10,12,17,19,29H,11,13-16H2,(H,30,34)/t17-,19+/m0/s1. The molecule has 6 rings (SSSR count). The van der Waals surface area contributed by atoms with E-state index in [1.54, 1.807) is 23.1 Å². The van der Waals surface area contributed by atoms with Gasteiger partial charge in [-0.1, -0.05) is 18.2 Å². The van der Waals surface area contributed by atoms with Crippen LogP contribution in [0.4, 0.5) is 20.6 Å². The number of anilines is 2. The lowest BCUT2D eigenvalue weighted by molar-refractivity contribution is 0.140. The average Bonchev–Trinajstić information content (AvgIpc) is 3.28. The van der Waals surface area contributed by atoms with Crippen molar-refractivity contribution in [2.24, 2.45) is 5.92 Å². The van der Waals surface area contributed by atoms with E-state index in [0.29, 0.717) is 31.9 Å². The number of piperidine rings is 1. The number of fused-ring (bicyclic) bond motifs is 5. The van der Waals surface area contributed by atoms with Crippen molar-refractivity contribution in [2.45, 2.75) is 25.4 Å². The van der Waals surface area contributed by atoms with E-state index in [4.69, 9.17) is 4.42 Å². The molecule has 2 aliphatic rings. The summed E-state index contributed by atoms with van der Waals surface area (Å²) in [5.41, 5.74) is 3.19. The summed E-state index contributed by atoms with van der Waals surface area (Å²) in [5.74, 6) is 0.700. The molecule has 7 nitrogen and oxygen atoms in total. The molecule has 2 amide bonds. The Balaban J connectivity index is 1.23. The highest BCUT2D eigenvalue weighted by molar-refractivity contribution is 5.89. The summed E-state index contributed by atoms with van der Waals surface area (Å²) in [6, 6.07) is 18.9. The third-order valence-electron chi connectivity index (χ3n) is 6.90. The zero-order valence-electron chi connectivity index (χ0n) is 19.0. The summed E-state index contributed by atoms with van der Waals surface area (Å²) >= 11 is 0. The minimum Gasteiger partial charge on any atom is -0.459 e. The molecule has 1 saturated heterocycles. The molecule has 0 saturated carbocycles. The van der Waals surface area contributed by atoms with Crippen molar-refractivity contribution < 1.29 is 13.6 Å². The number of para-hydroxylation sites is 1. The Morgan fingerprint density at radius 2 is 1.86 bits per heavy atom. The van der Waals surface area contributed by atoms with Gasteiger partial charge in [-0.3, -0.25) is 4.79 Å². The third-order valence-corrected chi connectivity index (χ3v) is 6.90. The quantitative estimate of drug-likeness (QED) is 0.438. The highest BCUT2D eigenvalue weighted by Crippen LogP contribution is 2.39. The number of aromatic nitrogens is 1. The van der Waals surface area contributed by atoms with Crippen LogP contribution < -0.4 is 16.2 Å². The second kappa shape index (κ2) is 8.61. The number of nitrogens with zero attached hydrogens (tertiary/aromatic N) is 2. The van der Waals surface area contributed by atoms with Gasteiger partial charge >= 0.3 is 6.03 Å². The van der Waals surface area contributed by atoms with Gasteiger partial charge in [-0.25, -0.2) is 9.18 Å². The third kappa shape index (κ3) is 4.16. The minimum atomic E-state index is -0.347. The Hall–Kier alpha value is -4.07. The van der Waals surface area contributed by atoms with E-state index in [0.717, 1.165) is 34.5 Å². The fourth-order valence-electron chi connectivity index (χ4n) is 5.37. The summed E-state index contributed by atoms with van der Waals surface area (Å²) in [7, 11) is 0. The van der Waals surface area contributed by atoms with E-state index in [1.807, 2.05) is 41.0 Å². The normalized spacial score (nSPS) is 18.8. The number of nitrogens with one attached hydrogen (secondary N) is 2. The van der Waals surface area contributed by atoms with Crippen molar-refractivity contribution in [3.63, 3.8) is 0 Å². The van der Waals surface area contributed by atoms with Gasteiger partial charge in [-0.15, -0.1) is 0 Å². The molecule has 2 aromatic heterocycles. The molecule has 4 aromatic rings. The fourth-order valence-corrected chi connectivity index (χ4v) is 5.37. The van der Waals surface area contributed by atoms with Crippen LogP contribution in [0.5, 0.6) is 0 Å². The first-order valence-electron chi connectivity index (χ1n) is 11.8. The maximum atomic E-state index is 13.2. The van der Waals surface area contributed by atoms with Crippen LogP contribution in [-0.4, -0.2) is 28.6 Å². The SMILES string of the molecule is O=C(Nc1ccc(F)cc1)N1C[C@@H]2C[C@H](C1)c1c(NCc3cc4ccccc4o3)ccc(=O)n1C2. The van der Waals surface area contributed by atoms with E-state index in [2.05, 4.69) is 10.6 Å². The van der Waals surface area contributed by atoms with Gasteiger partial charge < -0.3 is 24.5 Å².